The lowest BCUT2D eigenvalue weighted by molar-refractivity contribution is -0.162. The van der Waals surface area contributed by atoms with Gasteiger partial charge in [-0.15, -0.1) is 0 Å². The summed E-state index contributed by atoms with van der Waals surface area (Å²) < 4.78 is 17.4. The van der Waals surface area contributed by atoms with Crippen LogP contribution < -0.4 is 0 Å². The van der Waals surface area contributed by atoms with Gasteiger partial charge >= 0.3 is 11.9 Å². The van der Waals surface area contributed by atoms with Crippen LogP contribution in [-0.2, 0) is 23.8 Å². The second kappa shape index (κ2) is 57.9. The Labute approximate surface area is 421 Å². The molecular weight excluding hydrogens is 837 g/mol. The number of ether oxygens (including phenoxy) is 3. The van der Waals surface area contributed by atoms with Crippen LogP contribution in [0.1, 0.15) is 252 Å². The summed E-state index contributed by atoms with van der Waals surface area (Å²) in [7, 11) is 0. The van der Waals surface area contributed by atoms with Crippen molar-refractivity contribution in [3.8, 4) is 0 Å². The van der Waals surface area contributed by atoms with Gasteiger partial charge in [-0.2, -0.15) is 0 Å². The Balaban J connectivity index is 4.40. The fourth-order valence-corrected chi connectivity index (χ4v) is 7.56. The zero-order valence-corrected chi connectivity index (χ0v) is 44.6. The van der Waals surface area contributed by atoms with Gasteiger partial charge in [-0.25, -0.2) is 0 Å². The first-order valence-corrected chi connectivity index (χ1v) is 28.4. The maximum Gasteiger partial charge on any atom is 0.306 e. The molecule has 0 N–H and O–H groups in total. The van der Waals surface area contributed by atoms with Gasteiger partial charge in [0.05, 0.1) is 6.61 Å². The minimum atomic E-state index is -0.579. The van der Waals surface area contributed by atoms with Crippen LogP contribution in [0.4, 0.5) is 0 Å². The quantitative estimate of drug-likeness (QED) is 0.0345. The summed E-state index contributed by atoms with van der Waals surface area (Å²) >= 11 is 0. The van der Waals surface area contributed by atoms with Crippen LogP contribution in [-0.4, -0.2) is 37.9 Å². The average molecular weight is 944 g/mol. The van der Waals surface area contributed by atoms with Crippen molar-refractivity contribution in [2.45, 2.75) is 258 Å². The minimum Gasteiger partial charge on any atom is -0.462 e. The predicted octanol–water partition coefficient (Wildman–Crippen LogP) is 19.6. The lowest BCUT2D eigenvalue weighted by atomic mass is 10.1. The van der Waals surface area contributed by atoms with Crippen molar-refractivity contribution in [1.29, 1.82) is 0 Å². The highest BCUT2D eigenvalue weighted by Gasteiger charge is 2.17. The Morgan fingerprint density at radius 2 is 0.691 bits per heavy atom. The smallest absolute Gasteiger partial charge is 0.306 e. The van der Waals surface area contributed by atoms with Gasteiger partial charge in [0.15, 0.2) is 6.10 Å². The molecule has 1 unspecified atom stereocenters. The van der Waals surface area contributed by atoms with Crippen molar-refractivity contribution in [1.82, 2.24) is 0 Å². The van der Waals surface area contributed by atoms with Gasteiger partial charge in [-0.3, -0.25) is 9.59 Å². The van der Waals surface area contributed by atoms with Gasteiger partial charge in [-0.05, 0) is 116 Å². The van der Waals surface area contributed by atoms with Crippen LogP contribution in [0.2, 0.25) is 0 Å². The normalized spacial score (nSPS) is 13.0. The average Bonchev–Trinajstić information content (AvgIpc) is 3.34. The van der Waals surface area contributed by atoms with Gasteiger partial charge in [0.2, 0.25) is 0 Å². The highest BCUT2D eigenvalue weighted by atomic mass is 16.6. The first-order valence-electron chi connectivity index (χ1n) is 28.4. The van der Waals surface area contributed by atoms with Crippen molar-refractivity contribution >= 4 is 11.9 Å². The molecule has 0 spiro atoms. The molecule has 0 aromatic heterocycles. The summed E-state index contributed by atoms with van der Waals surface area (Å²) in [6.45, 7) is 7.59. The van der Waals surface area contributed by atoms with Crippen molar-refractivity contribution in [2.24, 2.45) is 0 Å². The molecule has 68 heavy (non-hydrogen) atoms. The molecule has 388 valence electrons. The van der Waals surface area contributed by atoms with Gasteiger partial charge in [0.1, 0.15) is 6.61 Å². The molecule has 0 aliphatic heterocycles. The van der Waals surface area contributed by atoms with E-state index in [2.05, 4.69) is 124 Å². The molecular formula is C63H106O5. The molecule has 0 saturated carbocycles. The molecule has 0 saturated heterocycles. The maximum absolute atomic E-state index is 12.9. The van der Waals surface area contributed by atoms with E-state index in [4.69, 9.17) is 14.2 Å². The summed E-state index contributed by atoms with van der Waals surface area (Å²) in [5.74, 6) is -0.502. The topological polar surface area (TPSA) is 61.8 Å². The summed E-state index contributed by atoms with van der Waals surface area (Å²) in [5, 5.41) is 0. The summed E-state index contributed by atoms with van der Waals surface area (Å²) in [4.78, 5) is 25.5. The first kappa shape index (κ1) is 64.6. The zero-order chi connectivity index (χ0) is 49.2. The first-order chi connectivity index (χ1) is 33.6. The van der Waals surface area contributed by atoms with Crippen LogP contribution >= 0.6 is 0 Å². The molecule has 0 rings (SSSR count). The second-order valence-electron chi connectivity index (χ2n) is 18.4. The number of hydrogen-bond donors (Lipinski definition) is 0. The fourth-order valence-electron chi connectivity index (χ4n) is 7.56. The van der Waals surface area contributed by atoms with E-state index in [0.29, 0.717) is 25.9 Å². The van der Waals surface area contributed by atoms with Gasteiger partial charge in [0.25, 0.3) is 0 Å². The predicted molar refractivity (Wildman–Crippen MR) is 297 cm³/mol. The summed E-state index contributed by atoms with van der Waals surface area (Å²) in [6.07, 6.45) is 79.7. The molecule has 0 fully saturated rings. The summed E-state index contributed by atoms with van der Waals surface area (Å²) in [5.41, 5.74) is 0. The van der Waals surface area contributed by atoms with Crippen molar-refractivity contribution in [3.63, 3.8) is 0 Å². The Hall–Kier alpha value is -3.44. The minimum absolute atomic E-state index is 0.0360. The van der Waals surface area contributed by atoms with E-state index in [-0.39, 0.29) is 25.2 Å². The Morgan fingerprint density at radius 1 is 0.338 bits per heavy atom. The monoisotopic (exact) mass is 943 g/mol. The van der Waals surface area contributed by atoms with E-state index in [1.165, 1.54) is 135 Å². The number of rotatable bonds is 51. The van der Waals surface area contributed by atoms with Gasteiger partial charge < -0.3 is 14.2 Å². The van der Waals surface area contributed by atoms with E-state index in [1.807, 2.05) is 6.08 Å². The molecule has 0 aliphatic carbocycles. The number of unbranched alkanes of at least 4 members (excludes halogenated alkanes) is 22. The van der Waals surface area contributed by atoms with Crippen LogP contribution in [0.15, 0.2) is 109 Å². The van der Waals surface area contributed by atoms with E-state index >= 15 is 0 Å². The van der Waals surface area contributed by atoms with E-state index < -0.39 is 6.10 Å². The zero-order valence-electron chi connectivity index (χ0n) is 44.6. The van der Waals surface area contributed by atoms with Crippen molar-refractivity contribution in [2.75, 3.05) is 19.8 Å². The molecule has 0 aliphatic rings. The van der Waals surface area contributed by atoms with Crippen LogP contribution in [0, 0.1) is 0 Å². The Morgan fingerprint density at radius 3 is 1.16 bits per heavy atom. The lowest BCUT2D eigenvalue weighted by Gasteiger charge is -2.18. The fraction of sp³-hybridized carbons (Fsp3) is 0.683. The molecule has 0 amide bonds. The Kier molecular flexibility index (Phi) is 54.9. The molecule has 5 heteroatoms. The number of carbonyl (C=O) groups excluding carboxylic acids is 2. The number of allylic oxidation sites excluding steroid dienone is 18. The number of esters is 2. The van der Waals surface area contributed by atoms with E-state index in [9.17, 15) is 9.59 Å². The molecule has 5 nitrogen and oxygen atoms in total. The maximum atomic E-state index is 12.9. The van der Waals surface area contributed by atoms with Crippen LogP contribution in [0.25, 0.3) is 0 Å². The number of carbonyl (C=O) groups is 2. The molecule has 0 aromatic carbocycles. The third-order valence-electron chi connectivity index (χ3n) is 11.8. The highest BCUT2D eigenvalue weighted by Crippen LogP contribution is 2.14. The van der Waals surface area contributed by atoms with Gasteiger partial charge in [0, 0.05) is 19.4 Å². The van der Waals surface area contributed by atoms with Crippen LogP contribution in [0.5, 0.6) is 0 Å². The molecule has 0 heterocycles. The standard InChI is InChI=1S/C63H106O5/c1-4-7-10-13-16-19-22-25-28-30-32-34-36-38-41-44-47-50-53-56-62(64)67-60-61(59-66-58-55-52-49-46-43-40-27-24-21-18-15-12-9-6-3)68-63(65)57-54-51-48-45-42-39-37-35-33-31-29-26-23-20-17-14-11-8-5-2/h7,10,16-17,19-21,24-26,28-29,32,34,38,41,47,50,61H,4-6,8-9,11-15,18,22-23,27,30-31,33,35-37,39-40,42-46,48-49,51-60H2,1-3H3/b10-7-,19-16-,20-17-,24-21-,28-25-,29-26-,34-32-,41-38-,50-47-. The lowest BCUT2D eigenvalue weighted by Crippen LogP contribution is -2.30. The second-order valence-corrected chi connectivity index (χ2v) is 18.4. The molecule has 1 atom stereocenters. The van der Waals surface area contributed by atoms with Crippen LogP contribution in [0.3, 0.4) is 0 Å². The summed E-state index contributed by atoms with van der Waals surface area (Å²) in [6, 6.07) is 0. The number of hydrogen-bond acceptors (Lipinski definition) is 5. The van der Waals surface area contributed by atoms with Gasteiger partial charge in [-0.1, -0.05) is 233 Å². The third-order valence-corrected chi connectivity index (χ3v) is 11.8. The van der Waals surface area contributed by atoms with Crippen molar-refractivity contribution in [3.05, 3.63) is 109 Å². The Bertz CT molecular complexity index is 1340. The van der Waals surface area contributed by atoms with E-state index in [1.54, 1.807) is 0 Å². The molecule has 0 aromatic rings. The molecule has 0 bridgehead atoms. The highest BCUT2D eigenvalue weighted by molar-refractivity contribution is 5.70. The third kappa shape index (κ3) is 55.2. The van der Waals surface area contributed by atoms with Crippen molar-refractivity contribution < 1.29 is 23.8 Å². The van der Waals surface area contributed by atoms with E-state index in [0.717, 1.165) is 77.0 Å². The largest absolute Gasteiger partial charge is 0.462 e. The SMILES string of the molecule is CC/C=C\C/C=C\C/C=C\C/C=C\C/C=C\C/C=C\CCC(=O)OCC(COCCCCCCCC/C=C\CCCCCC)OC(=O)CCCCCCCCCCC/C=C\C/C=C\CCCCC. The molecule has 0 radical (unpaired) electrons.